The van der Waals surface area contributed by atoms with E-state index < -0.39 is 5.97 Å². The Morgan fingerprint density at radius 3 is 2.74 bits per heavy atom. The Morgan fingerprint density at radius 2 is 2.11 bits per heavy atom. The molecule has 0 aromatic rings. The first kappa shape index (κ1) is 15.8. The Balaban J connectivity index is 2.22. The zero-order chi connectivity index (χ0) is 14.3. The highest BCUT2D eigenvalue weighted by molar-refractivity contribution is 5.74. The Hall–Kier alpha value is -1.30. The number of carbonyl (C=O) groups is 2. The normalized spacial score (nSPS) is 18.9. The first-order chi connectivity index (χ1) is 9.00. The van der Waals surface area contributed by atoms with E-state index in [0.29, 0.717) is 25.4 Å². The summed E-state index contributed by atoms with van der Waals surface area (Å²) in [4.78, 5) is 26.4. The fraction of sp³-hybridized carbons (Fsp3) is 0.846. The van der Waals surface area contributed by atoms with Crippen LogP contribution in [0.1, 0.15) is 32.1 Å². The molecule has 0 spiro atoms. The van der Waals surface area contributed by atoms with E-state index in [9.17, 15) is 9.59 Å². The van der Waals surface area contributed by atoms with Crippen molar-refractivity contribution in [3.8, 4) is 0 Å². The van der Waals surface area contributed by atoms with Crippen LogP contribution in [0.3, 0.4) is 0 Å². The molecule has 0 aromatic heterocycles. The molecule has 2 amide bonds. The molecule has 19 heavy (non-hydrogen) atoms. The van der Waals surface area contributed by atoms with Gasteiger partial charge in [-0.15, -0.1) is 0 Å². The maximum atomic E-state index is 12.0. The molecule has 1 heterocycles. The Labute approximate surface area is 114 Å². The molecule has 0 radical (unpaired) electrons. The summed E-state index contributed by atoms with van der Waals surface area (Å²) in [5.41, 5.74) is 0. The van der Waals surface area contributed by atoms with E-state index in [1.54, 1.807) is 0 Å². The van der Waals surface area contributed by atoms with Gasteiger partial charge in [-0.1, -0.05) is 0 Å². The minimum atomic E-state index is -0.781. The minimum Gasteiger partial charge on any atom is -0.481 e. The lowest BCUT2D eigenvalue weighted by molar-refractivity contribution is -0.137. The second-order valence-corrected chi connectivity index (χ2v) is 5.33. The van der Waals surface area contributed by atoms with Crippen LogP contribution < -0.4 is 5.32 Å². The standard InChI is InChI=1S/C13H25N3O3/c1-15(2)10-11-6-5-9-16(11)13(19)14-8-4-3-7-12(17)18/h11H,3-10H2,1-2H3,(H,14,19)(H,17,18). The molecule has 0 saturated carbocycles. The number of urea groups is 1. The number of carboxylic acids is 1. The summed E-state index contributed by atoms with van der Waals surface area (Å²) >= 11 is 0. The van der Waals surface area contributed by atoms with Gasteiger partial charge in [-0.2, -0.15) is 0 Å². The monoisotopic (exact) mass is 271 g/mol. The summed E-state index contributed by atoms with van der Waals surface area (Å²) in [7, 11) is 4.03. The fourth-order valence-electron chi connectivity index (χ4n) is 2.41. The van der Waals surface area contributed by atoms with Crippen LogP contribution in [0.2, 0.25) is 0 Å². The van der Waals surface area contributed by atoms with Crippen LogP contribution in [0.5, 0.6) is 0 Å². The number of likely N-dealkylation sites (tertiary alicyclic amines) is 1. The zero-order valence-electron chi connectivity index (χ0n) is 11.9. The van der Waals surface area contributed by atoms with Gasteiger partial charge < -0.3 is 20.2 Å². The third-order valence-corrected chi connectivity index (χ3v) is 3.31. The molecule has 6 heteroatoms. The van der Waals surface area contributed by atoms with Gasteiger partial charge in [0.25, 0.3) is 0 Å². The maximum Gasteiger partial charge on any atom is 0.317 e. The van der Waals surface area contributed by atoms with Gasteiger partial charge in [0.1, 0.15) is 0 Å². The first-order valence-electron chi connectivity index (χ1n) is 6.91. The number of likely N-dealkylation sites (N-methyl/N-ethyl adjacent to an activating group) is 1. The predicted molar refractivity (Wildman–Crippen MR) is 73.2 cm³/mol. The van der Waals surface area contributed by atoms with Gasteiger partial charge in [-0.05, 0) is 39.8 Å². The summed E-state index contributed by atoms with van der Waals surface area (Å²) in [6, 6.07) is 0.286. The first-order valence-corrected chi connectivity index (χ1v) is 6.91. The summed E-state index contributed by atoms with van der Waals surface area (Å²) in [5, 5.41) is 11.4. The number of nitrogens with zero attached hydrogens (tertiary/aromatic N) is 2. The van der Waals surface area contributed by atoms with Crippen molar-refractivity contribution < 1.29 is 14.7 Å². The number of hydrogen-bond acceptors (Lipinski definition) is 3. The molecule has 2 N–H and O–H groups in total. The lowest BCUT2D eigenvalue weighted by atomic mass is 10.2. The van der Waals surface area contributed by atoms with Gasteiger partial charge in [0.05, 0.1) is 0 Å². The van der Waals surface area contributed by atoms with Gasteiger partial charge in [0, 0.05) is 32.1 Å². The van der Waals surface area contributed by atoms with E-state index in [2.05, 4.69) is 10.2 Å². The van der Waals surface area contributed by atoms with E-state index >= 15 is 0 Å². The van der Waals surface area contributed by atoms with Crippen molar-refractivity contribution in [2.75, 3.05) is 33.7 Å². The second kappa shape index (κ2) is 7.99. The molecule has 6 nitrogen and oxygen atoms in total. The summed E-state index contributed by atoms with van der Waals surface area (Å²) in [6.07, 6.45) is 3.61. The van der Waals surface area contributed by atoms with Gasteiger partial charge >= 0.3 is 12.0 Å². The van der Waals surface area contributed by atoms with Crippen LogP contribution in [0, 0.1) is 0 Å². The highest BCUT2D eigenvalue weighted by Crippen LogP contribution is 2.17. The number of carbonyl (C=O) groups excluding carboxylic acids is 1. The number of unbranched alkanes of at least 4 members (excludes halogenated alkanes) is 1. The molecule has 1 atom stereocenters. The van der Waals surface area contributed by atoms with Crippen LogP contribution in [0.15, 0.2) is 0 Å². The number of nitrogens with one attached hydrogen (secondary N) is 1. The molecular weight excluding hydrogens is 246 g/mol. The predicted octanol–water partition coefficient (Wildman–Crippen LogP) is 0.977. The van der Waals surface area contributed by atoms with Crippen LogP contribution in [-0.4, -0.2) is 66.7 Å². The number of aliphatic carboxylic acids is 1. The smallest absolute Gasteiger partial charge is 0.317 e. The third kappa shape index (κ3) is 5.92. The average Bonchev–Trinajstić information content (AvgIpc) is 2.75. The summed E-state index contributed by atoms with van der Waals surface area (Å²) in [6.45, 7) is 2.27. The van der Waals surface area contributed by atoms with E-state index in [1.807, 2.05) is 19.0 Å². The molecule has 0 aromatic carbocycles. The fourth-order valence-corrected chi connectivity index (χ4v) is 2.41. The van der Waals surface area contributed by atoms with E-state index in [-0.39, 0.29) is 12.5 Å². The summed E-state index contributed by atoms with van der Waals surface area (Å²) in [5.74, 6) is -0.781. The highest BCUT2D eigenvalue weighted by Gasteiger charge is 2.28. The quantitative estimate of drug-likeness (QED) is 0.677. The molecule has 1 aliphatic heterocycles. The van der Waals surface area contributed by atoms with Crippen LogP contribution in [0.25, 0.3) is 0 Å². The molecule has 1 unspecified atom stereocenters. The third-order valence-electron chi connectivity index (χ3n) is 3.31. The molecule has 1 rings (SSSR count). The Bertz CT molecular complexity index is 308. The zero-order valence-corrected chi connectivity index (χ0v) is 11.9. The van der Waals surface area contributed by atoms with Crippen LogP contribution >= 0.6 is 0 Å². The SMILES string of the molecule is CN(C)CC1CCCN1C(=O)NCCCCC(=O)O. The van der Waals surface area contributed by atoms with Gasteiger partial charge in [-0.25, -0.2) is 4.79 Å². The van der Waals surface area contributed by atoms with Gasteiger partial charge in [0.2, 0.25) is 0 Å². The Morgan fingerprint density at radius 1 is 1.37 bits per heavy atom. The van der Waals surface area contributed by atoms with Crippen molar-refractivity contribution in [1.82, 2.24) is 15.1 Å². The minimum absolute atomic E-state index is 0.0142. The maximum absolute atomic E-state index is 12.0. The van der Waals surface area contributed by atoms with Crippen molar-refractivity contribution >= 4 is 12.0 Å². The van der Waals surface area contributed by atoms with E-state index in [1.165, 1.54) is 0 Å². The van der Waals surface area contributed by atoms with Crippen molar-refractivity contribution in [2.24, 2.45) is 0 Å². The largest absolute Gasteiger partial charge is 0.481 e. The number of hydrogen-bond donors (Lipinski definition) is 2. The van der Waals surface area contributed by atoms with Gasteiger partial charge in [0.15, 0.2) is 0 Å². The number of rotatable bonds is 7. The Kier molecular flexibility index (Phi) is 6.62. The van der Waals surface area contributed by atoms with E-state index in [4.69, 9.17) is 5.11 Å². The molecule has 1 saturated heterocycles. The number of carboxylic acid groups (broad SMARTS) is 1. The topological polar surface area (TPSA) is 72.9 Å². The van der Waals surface area contributed by atoms with Crippen molar-refractivity contribution in [3.05, 3.63) is 0 Å². The lowest BCUT2D eigenvalue weighted by Crippen LogP contribution is -2.46. The summed E-state index contributed by atoms with van der Waals surface area (Å²) < 4.78 is 0. The molecular formula is C13H25N3O3. The molecule has 1 fully saturated rings. The van der Waals surface area contributed by atoms with Crippen LogP contribution in [-0.2, 0) is 4.79 Å². The van der Waals surface area contributed by atoms with Crippen LogP contribution in [0.4, 0.5) is 4.79 Å². The second-order valence-electron chi connectivity index (χ2n) is 5.33. The van der Waals surface area contributed by atoms with Crippen molar-refractivity contribution in [1.29, 1.82) is 0 Å². The molecule has 110 valence electrons. The van der Waals surface area contributed by atoms with E-state index in [0.717, 1.165) is 25.9 Å². The molecule has 0 bridgehead atoms. The number of amides is 2. The lowest BCUT2D eigenvalue weighted by Gasteiger charge is -2.27. The average molecular weight is 271 g/mol. The molecule has 0 aliphatic carbocycles. The molecule has 1 aliphatic rings. The highest BCUT2D eigenvalue weighted by atomic mass is 16.4. The van der Waals surface area contributed by atoms with Crippen molar-refractivity contribution in [3.63, 3.8) is 0 Å². The van der Waals surface area contributed by atoms with Crippen molar-refractivity contribution in [2.45, 2.75) is 38.1 Å². The van der Waals surface area contributed by atoms with Gasteiger partial charge in [-0.3, -0.25) is 4.79 Å².